The zero-order chi connectivity index (χ0) is 46.2. The summed E-state index contributed by atoms with van der Waals surface area (Å²) in [6.07, 6.45) is 4.23. The Bertz CT molecular complexity index is 2440. The number of hydrogen-bond acceptors (Lipinski definition) is 17. The zero-order valence-corrected chi connectivity index (χ0v) is 37.7. The van der Waals surface area contributed by atoms with E-state index < -0.39 is 36.7 Å². The van der Waals surface area contributed by atoms with E-state index in [1.807, 2.05) is 6.92 Å². The number of hydrogen-bond donors (Lipinski definition) is 8. The molecule has 21 nitrogen and oxygen atoms in total. The molecule has 0 radical (unpaired) electrons. The SMILES string of the molecule is CCC1CN(Cc2c[nH]c3c(=O)[nH]c(N)nc23)CC1O.CCOP(C)(=O)CCOC1CN(Cc2c[nH]c3c(=O)[nH]c(N)nc23)CC1CO.CP(C)(=O)CCOS(=O)(=O)C(F)(F)F. The fraction of sp³-hybridized carbons (Fsp3) is 0.657. The highest BCUT2D eigenvalue weighted by Gasteiger charge is 2.47. The van der Waals surface area contributed by atoms with Crippen LogP contribution in [0, 0.1) is 11.8 Å². The van der Waals surface area contributed by atoms with E-state index in [2.05, 4.69) is 50.8 Å². The quantitative estimate of drug-likeness (QED) is 0.0453. The molecule has 4 aromatic heterocycles. The lowest BCUT2D eigenvalue weighted by Gasteiger charge is -2.19. The van der Waals surface area contributed by atoms with Crippen LogP contribution in [0.1, 0.15) is 31.4 Å². The highest BCUT2D eigenvalue weighted by atomic mass is 32.2. The van der Waals surface area contributed by atoms with Crippen LogP contribution >= 0.6 is 14.5 Å². The first kappa shape index (κ1) is 51.0. The molecule has 6 heterocycles. The Labute approximate surface area is 355 Å². The molecule has 0 bridgehead atoms. The minimum atomic E-state index is -5.54. The van der Waals surface area contributed by atoms with Gasteiger partial charge in [0.05, 0.1) is 39.2 Å². The molecule has 5 unspecified atom stereocenters. The number of rotatable bonds is 16. The second kappa shape index (κ2) is 21.4. The summed E-state index contributed by atoms with van der Waals surface area (Å²) < 4.78 is 93.6. The number of aliphatic hydroxyl groups is 2. The summed E-state index contributed by atoms with van der Waals surface area (Å²) in [4.78, 5) is 47.3. The number of anilines is 2. The van der Waals surface area contributed by atoms with Crippen LogP contribution in [0.3, 0.4) is 0 Å². The van der Waals surface area contributed by atoms with Crippen molar-refractivity contribution < 1.29 is 54.4 Å². The number of H-pyrrole nitrogens is 4. The van der Waals surface area contributed by atoms with Crippen molar-refractivity contribution in [1.82, 2.24) is 39.7 Å². The number of ether oxygens (including phenoxy) is 1. The van der Waals surface area contributed by atoms with Gasteiger partial charge in [0.2, 0.25) is 19.3 Å². The molecule has 6 rings (SSSR count). The molecule has 0 aromatic carbocycles. The van der Waals surface area contributed by atoms with Gasteiger partial charge in [-0.25, -0.2) is 9.97 Å². The fourth-order valence-electron chi connectivity index (χ4n) is 6.93. The van der Waals surface area contributed by atoms with Gasteiger partial charge in [-0.2, -0.15) is 21.6 Å². The van der Waals surface area contributed by atoms with Crippen LogP contribution in [0.15, 0.2) is 22.0 Å². The number of nitrogens with two attached hydrogens (primary N) is 2. The van der Waals surface area contributed by atoms with E-state index in [1.54, 1.807) is 19.1 Å². The number of halogens is 3. The molecular weight excluding hydrogens is 887 g/mol. The third kappa shape index (κ3) is 14.2. The van der Waals surface area contributed by atoms with Crippen molar-refractivity contribution in [3.05, 3.63) is 44.2 Å². The first-order valence-electron chi connectivity index (χ1n) is 19.6. The molecule has 350 valence electrons. The maximum Gasteiger partial charge on any atom is 0.523 e. The number of nitrogen functional groups attached to an aromatic ring is 2. The van der Waals surface area contributed by atoms with Crippen LogP contribution in [-0.2, 0) is 45.8 Å². The van der Waals surface area contributed by atoms with Crippen LogP contribution in [0.5, 0.6) is 0 Å². The van der Waals surface area contributed by atoms with E-state index in [0.29, 0.717) is 80.1 Å². The minimum absolute atomic E-state index is 0.00909. The maximum absolute atomic E-state index is 12.2. The van der Waals surface area contributed by atoms with E-state index in [0.717, 1.165) is 24.1 Å². The van der Waals surface area contributed by atoms with Crippen molar-refractivity contribution in [1.29, 1.82) is 0 Å². The fourth-order valence-corrected chi connectivity index (χ4v) is 9.13. The zero-order valence-electron chi connectivity index (χ0n) is 35.1. The summed E-state index contributed by atoms with van der Waals surface area (Å²) in [7, 11) is -10.7. The number of β-amino-alcohol motifs (C(OH)–C–C–N with tert-alkyl or cyclic N) is 1. The van der Waals surface area contributed by atoms with Gasteiger partial charge in [0.1, 0.15) is 22.1 Å². The standard InChI is InChI=1S/C17H28N5O5P.C13H19N5O2.C5H10F3O4PS/c1-3-27-28(2,25)5-4-26-13-9-22(8-12(13)10-23)7-11-6-19-15-14(11)20-17(18)21-16(15)24;1-2-7-4-18(6-9(7)19)5-8-3-15-11-10(8)16-13(14)17-12(11)20;1-13(2,9)4-3-12-14(10,11)5(6,7)8/h6,12-13,19,23H,3-5,7-10H2,1-2H3,(H3,18,20,21,24);3,7,9,15,19H,2,4-6H2,1H3,(H3,14,16,17,20);3-4H2,1-2H3. The van der Waals surface area contributed by atoms with Crippen molar-refractivity contribution in [2.75, 3.05) is 96.4 Å². The number of likely N-dealkylation sites (tertiary alicyclic amines) is 2. The second-order valence-corrected chi connectivity index (χ2v) is 23.6. The van der Waals surface area contributed by atoms with Crippen LogP contribution in [0.4, 0.5) is 25.1 Å². The predicted molar refractivity (Wildman–Crippen MR) is 228 cm³/mol. The lowest BCUT2D eigenvalue weighted by Crippen LogP contribution is -2.26. The van der Waals surface area contributed by atoms with Gasteiger partial charge in [-0.3, -0.25) is 38.1 Å². The molecule has 27 heteroatoms. The molecule has 5 atom stereocenters. The molecule has 4 aromatic rings. The molecule has 0 saturated carbocycles. The average molecular weight is 945 g/mol. The second-order valence-electron chi connectivity index (χ2n) is 15.6. The Kier molecular flexibility index (Phi) is 17.6. The van der Waals surface area contributed by atoms with Gasteiger partial charge in [-0.05, 0) is 32.6 Å². The number of fused-ring (bicyclic) bond motifs is 2. The molecule has 2 saturated heterocycles. The number of alkyl halides is 3. The Morgan fingerprint density at radius 2 is 1.37 bits per heavy atom. The van der Waals surface area contributed by atoms with E-state index in [4.69, 9.17) is 20.7 Å². The minimum Gasteiger partial charge on any atom is -0.396 e. The Morgan fingerprint density at radius 3 is 1.82 bits per heavy atom. The third-order valence-electron chi connectivity index (χ3n) is 10.1. The maximum atomic E-state index is 12.2. The van der Waals surface area contributed by atoms with Gasteiger partial charge < -0.3 is 45.5 Å². The molecule has 2 fully saturated rings. The number of aromatic nitrogens is 6. The predicted octanol–water partition coefficient (Wildman–Crippen LogP) is 2.10. The molecule has 2 aliphatic heterocycles. The summed E-state index contributed by atoms with van der Waals surface area (Å²) in [6.45, 7) is 12.2. The molecule has 2 aliphatic rings. The molecule has 0 aliphatic carbocycles. The molecule has 0 spiro atoms. The van der Waals surface area contributed by atoms with E-state index in [1.165, 1.54) is 13.3 Å². The van der Waals surface area contributed by atoms with Gasteiger partial charge in [0.15, 0.2) is 0 Å². The lowest BCUT2D eigenvalue weighted by molar-refractivity contribution is -0.0538. The van der Waals surface area contributed by atoms with Crippen LogP contribution in [0.25, 0.3) is 22.1 Å². The molecule has 0 amide bonds. The Hall–Kier alpha value is -3.64. The van der Waals surface area contributed by atoms with E-state index in [-0.39, 0.29) is 53.9 Å². The van der Waals surface area contributed by atoms with Gasteiger partial charge in [-0.1, -0.05) is 6.92 Å². The summed E-state index contributed by atoms with van der Waals surface area (Å²) in [5.74, 6) is 0.486. The number of nitrogens with one attached hydrogen (secondary N) is 4. The summed E-state index contributed by atoms with van der Waals surface area (Å²) >= 11 is 0. The number of aromatic amines is 4. The topological polar surface area (TPSA) is 318 Å². The number of nitrogens with zero attached hydrogens (tertiary/aromatic N) is 4. The normalized spacial score (nSPS) is 21.1. The van der Waals surface area contributed by atoms with E-state index in [9.17, 15) is 50.5 Å². The Morgan fingerprint density at radius 1 is 0.855 bits per heavy atom. The van der Waals surface area contributed by atoms with Crippen LogP contribution in [-0.4, -0.2) is 161 Å². The van der Waals surface area contributed by atoms with Crippen LogP contribution < -0.4 is 22.6 Å². The highest BCUT2D eigenvalue weighted by molar-refractivity contribution is 7.87. The smallest absolute Gasteiger partial charge is 0.396 e. The van der Waals surface area contributed by atoms with Crippen molar-refractivity contribution in [3.8, 4) is 0 Å². The Balaban J connectivity index is 0.000000218. The number of aliphatic hydroxyl groups excluding tert-OH is 2. The average Bonchev–Trinajstić information content (AvgIpc) is 3.94. The summed E-state index contributed by atoms with van der Waals surface area (Å²) in [6, 6.07) is 0. The first-order chi connectivity index (χ1) is 28.9. The van der Waals surface area contributed by atoms with Crippen LogP contribution in [0.2, 0.25) is 0 Å². The molecule has 62 heavy (non-hydrogen) atoms. The van der Waals surface area contributed by atoms with Gasteiger partial charge in [0.25, 0.3) is 11.1 Å². The highest BCUT2D eigenvalue weighted by Crippen LogP contribution is 2.42. The van der Waals surface area contributed by atoms with Gasteiger partial charge in [-0.15, -0.1) is 0 Å². The van der Waals surface area contributed by atoms with Crippen molar-refractivity contribution in [2.45, 2.75) is 51.1 Å². The third-order valence-corrected chi connectivity index (χ3v) is 14.2. The molecule has 10 N–H and O–H groups in total. The largest absolute Gasteiger partial charge is 0.523 e. The van der Waals surface area contributed by atoms with Crippen molar-refractivity contribution in [2.24, 2.45) is 11.8 Å². The van der Waals surface area contributed by atoms with Gasteiger partial charge >= 0.3 is 15.6 Å². The van der Waals surface area contributed by atoms with E-state index >= 15 is 0 Å². The van der Waals surface area contributed by atoms with Gasteiger partial charge in [0, 0.05) is 94.3 Å². The van der Waals surface area contributed by atoms with Crippen molar-refractivity contribution >= 4 is 58.6 Å². The monoisotopic (exact) mass is 944 g/mol. The lowest BCUT2D eigenvalue weighted by atomic mass is 10.0. The summed E-state index contributed by atoms with van der Waals surface area (Å²) in [5.41, 5.74) is 9.07. The summed E-state index contributed by atoms with van der Waals surface area (Å²) in [5, 5.41) is 19.7. The molecular formula is C35H57F3N10O11P2S. The first-order valence-corrected chi connectivity index (χ1v) is 26.1. The van der Waals surface area contributed by atoms with Crippen molar-refractivity contribution in [3.63, 3.8) is 0 Å².